The van der Waals surface area contributed by atoms with Crippen LogP contribution in [-0.2, 0) is 19.5 Å². The van der Waals surface area contributed by atoms with Gasteiger partial charge in [0, 0.05) is 19.5 Å². The summed E-state index contributed by atoms with van der Waals surface area (Å²) < 4.78 is 0. The predicted octanol–water partition coefficient (Wildman–Crippen LogP) is -1.21. The van der Waals surface area contributed by atoms with Crippen LogP contribution in [-0.4, -0.2) is 0 Å². The molecule has 0 heterocycles. The molecule has 0 aromatic heterocycles. The fourth-order valence-electron chi connectivity index (χ4n) is 0.144. The summed E-state index contributed by atoms with van der Waals surface area (Å²) in [5, 5.41) is 0. The number of halogens is 1. The number of unbranched alkanes of at least 4 members (excludes halogenated alkanes) is 1. The average molecular weight is 214 g/mol. The molecule has 0 bridgehead atoms. The molecule has 0 aromatic carbocycles. The fourth-order valence-corrected chi connectivity index (χ4v) is 0.144. The molecular weight excluding hydrogens is 205 g/mol. The molecule has 0 nitrogen and oxygen atoms in total. The van der Waals surface area contributed by atoms with E-state index >= 15 is 0 Å². The second-order valence-electron chi connectivity index (χ2n) is 0.931. The summed E-state index contributed by atoms with van der Waals surface area (Å²) in [5.74, 6) is 0. The van der Waals surface area contributed by atoms with Crippen LogP contribution in [0.25, 0.3) is 0 Å². The zero-order chi connectivity index (χ0) is 4.12. The number of hydrogen-bond donors (Lipinski definition) is 0. The monoisotopic (exact) mass is 212 g/mol. The minimum atomic E-state index is 0. The van der Waals surface area contributed by atoms with Crippen molar-refractivity contribution in [2.24, 2.45) is 0 Å². The minimum absolute atomic E-state index is 0. The topological polar surface area (TPSA) is 0 Å². The number of rotatable bonds is 2. The minimum Gasteiger partial charge on any atom is -1.00 e. The Morgan fingerprint density at radius 2 is 1.86 bits per heavy atom. The van der Waals surface area contributed by atoms with Gasteiger partial charge < -0.3 is 17.0 Å². The number of allylic oxidation sites excluding steroid dienone is 1. The Hall–Kier alpha value is 0.843. The molecular formula is C5H9BrZn-. The first-order chi connectivity index (χ1) is 2.41. The van der Waals surface area contributed by atoms with Gasteiger partial charge in [-0.2, -0.15) is 0 Å². The van der Waals surface area contributed by atoms with Crippen LogP contribution in [0.4, 0.5) is 0 Å². The zero-order valence-electron chi connectivity index (χ0n) is 4.49. The van der Waals surface area contributed by atoms with E-state index in [0.717, 1.165) is 12.8 Å². The molecule has 0 fully saturated rings. The zero-order valence-corrected chi connectivity index (χ0v) is 9.04. The van der Waals surface area contributed by atoms with Crippen molar-refractivity contribution in [1.29, 1.82) is 0 Å². The summed E-state index contributed by atoms with van der Waals surface area (Å²) in [6, 6.07) is 0. The molecule has 1 radical (unpaired) electrons. The van der Waals surface area contributed by atoms with Crippen molar-refractivity contribution in [3.8, 4) is 0 Å². The van der Waals surface area contributed by atoms with E-state index in [9.17, 15) is 0 Å². The van der Waals surface area contributed by atoms with Crippen LogP contribution in [0.15, 0.2) is 12.7 Å². The van der Waals surface area contributed by atoms with E-state index in [1.165, 1.54) is 0 Å². The maximum atomic E-state index is 3.60. The average Bonchev–Trinajstić information content (AvgIpc) is 1.41. The van der Waals surface area contributed by atoms with Crippen molar-refractivity contribution in [2.45, 2.75) is 12.8 Å². The Morgan fingerprint density at radius 3 is 1.86 bits per heavy atom. The smallest absolute Gasteiger partial charge is 0 e. The van der Waals surface area contributed by atoms with Crippen molar-refractivity contribution in [2.75, 3.05) is 0 Å². The Kier molecular flexibility index (Phi) is 35.4. The van der Waals surface area contributed by atoms with Crippen molar-refractivity contribution in [3.63, 3.8) is 0 Å². The first-order valence-corrected chi connectivity index (χ1v) is 1.82. The van der Waals surface area contributed by atoms with Gasteiger partial charge in [-0.3, -0.25) is 0 Å². The first-order valence-electron chi connectivity index (χ1n) is 1.82. The molecule has 0 amide bonds. The quantitative estimate of drug-likeness (QED) is 0.400. The van der Waals surface area contributed by atoms with E-state index in [2.05, 4.69) is 13.5 Å². The molecule has 0 aliphatic carbocycles. The third-order valence-corrected chi connectivity index (χ3v) is 0.408. The van der Waals surface area contributed by atoms with Crippen molar-refractivity contribution < 1.29 is 36.5 Å². The van der Waals surface area contributed by atoms with E-state index < -0.39 is 0 Å². The summed E-state index contributed by atoms with van der Waals surface area (Å²) in [6.07, 6.45) is 3.89. The molecule has 0 aliphatic rings. The molecule has 0 aliphatic heterocycles. The van der Waals surface area contributed by atoms with Crippen LogP contribution >= 0.6 is 0 Å². The van der Waals surface area contributed by atoms with Crippen LogP contribution < -0.4 is 17.0 Å². The maximum Gasteiger partial charge on any atom is 0 e. The van der Waals surface area contributed by atoms with Crippen molar-refractivity contribution in [3.05, 3.63) is 19.6 Å². The van der Waals surface area contributed by atoms with Gasteiger partial charge in [0.15, 0.2) is 0 Å². The van der Waals surface area contributed by atoms with Gasteiger partial charge in [-0.05, 0) is 12.8 Å². The van der Waals surface area contributed by atoms with Gasteiger partial charge in [0.2, 0.25) is 0 Å². The predicted molar refractivity (Wildman–Crippen MR) is 24.8 cm³/mol. The van der Waals surface area contributed by atoms with Gasteiger partial charge >= 0.3 is 0 Å². The van der Waals surface area contributed by atoms with Gasteiger partial charge in [0.05, 0.1) is 0 Å². The molecule has 0 saturated carbocycles. The van der Waals surface area contributed by atoms with Crippen molar-refractivity contribution >= 4 is 0 Å². The van der Waals surface area contributed by atoms with Gasteiger partial charge in [-0.15, -0.1) is 6.58 Å². The van der Waals surface area contributed by atoms with Gasteiger partial charge in [0.1, 0.15) is 0 Å². The first kappa shape index (κ1) is 15.7. The van der Waals surface area contributed by atoms with E-state index in [1.54, 1.807) is 0 Å². The molecule has 0 rings (SSSR count). The van der Waals surface area contributed by atoms with Gasteiger partial charge in [-0.25, -0.2) is 0 Å². The summed E-state index contributed by atoms with van der Waals surface area (Å²) in [4.78, 5) is 0. The second-order valence-corrected chi connectivity index (χ2v) is 0.931. The molecule has 0 saturated heterocycles. The summed E-state index contributed by atoms with van der Waals surface area (Å²) >= 11 is 0. The van der Waals surface area contributed by atoms with Crippen LogP contribution in [0.3, 0.4) is 0 Å². The van der Waals surface area contributed by atoms with Crippen LogP contribution in [0.1, 0.15) is 12.8 Å². The largest absolute Gasteiger partial charge is 1.00 e. The van der Waals surface area contributed by atoms with E-state index in [-0.39, 0.29) is 36.5 Å². The van der Waals surface area contributed by atoms with Crippen LogP contribution in [0.2, 0.25) is 0 Å². The molecule has 0 atom stereocenters. The third-order valence-electron chi connectivity index (χ3n) is 0.408. The standard InChI is InChI=1S/C5H9.BrH.Zn/c1-3-5-4-2;;/h3H,1-2,4-5H2;1H;/p-1. The van der Waals surface area contributed by atoms with Crippen LogP contribution in [0.5, 0.6) is 0 Å². The van der Waals surface area contributed by atoms with Crippen LogP contribution in [0, 0.1) is 6.92 Å². The van der Waals surface area contributed by atoms with Gasteiger partial charge in [-0.1, -0.05) is 13.0 Å². The Balaban J connectivity index is -0.0000000800. The molecule has 0 unspecified atom stereocenters. The molecule has 0 spiro atoms. The van der Waals surface area contributed by atoms with E-state index in [0.29, 0.717) is 0 Å². The molecule has 7 heavy (non-hydrogen) atoms. The van der Waals surface area contributed by atoms with Gasteiger partial charge in [0.25, 0.3) is 0 Å². The molecule has 39 valence electrons. The molecule has 0 N–H and O–H groups in total. The van der Waals surface area contributed by atoms with E-state index in [4.69, 9.17) is 0 Å². The Morgan fingerprint density at radius 1 is 1.43 bits per heavy atom. The number of hydrogen-bond acceptors (Lipinski definition) is 0. The Labute approximate surface area is 68.9 Å². The van der Waals surface area contributed by atoms with E-state index in [1.807, 2.05) is 6.08 Å². The summed E-state index contributed by atoms with van der Waals surface area (Å²) in [6.45, 7) is 7.11. The Bertz CT molecular complexity index is 29.3. The summed E-state index contributed by atoms with van der Waals surface area (Å²) in [5.41, 5.74) is 0. The third kappa shape index (κ3) is 19.9. The normalized spacial score (nSPS) is 5.29. The second kappa shape index (κ2) is 15.8. The SMILES string of the molecule is [Br-].[CH2]CCC=C.[Zn]. The van der Waals surface area contributed by atoms with Crippen molar-refractivity contribution in [1.82, 2.24) is 0 Å². The molecule has 2 heteroatoms. The fraction of sp³-hybridized carbons (Fsp3) is 0.400. The maximum absolute atomic E-state index is 3.60. The summed E-state index contributed by atoms with van der Waals surface area (Å²) in [7, 11) is 0. The molecule has 0 aromatic rings.